The first-order valence-corrected chi connectivity index (χ1v) is 10.4. The summed E-state index contributed by atoms with van der Waals surface area (Å²) in [7, 11) is 0. The summed E-state index contributed by atoms with van der Waals surface area (Å²) >= 11 is 0.814. The number of nitrogens with one attached hydrogen (secondary N) is 1. The van der Waals surface area contributed by atoms with Gasteiger partial charge >= 0.3 is 5.97 Å². The predicted molar refractivity (Wildman–Crippen MR) is 109 cm³/mol. The molecule has 0 unspecified atom stereocenters. The van der Waals surface area contributed by atoms with Crippen LogP contribution in [-0.4, -0.2) is 37.3 Å². The Morgan fingerprint density at radius 1 is 1.03 bits per heavy atom. The Labute approximate surface area is 172 Å². The molecule has 29 heavy (non-hydrogen) atoms. The number of halogens is 2. The third kappa shape index (κ3) is 6.45. The van der Waals surface area contributed by atoms with Gasteiger partial charge in [0.15, 0.2) is 6.61 Å². The molecule has 0 bridgehead atoms. The van der Waals surface area contributed by atoms with E-state index in [0.29, 0.717) is 5.69 Å². The fourth-order valence-electron chi connectivity index (χ4n) is 3.02. The normalized spacial score (nSPS) is 13.8. The highest BCUT2D eigenvalue weighted by Gasteiger charge is 2.13. The van der Waals surface area contributed by atoms with Gasteiger partial charge in [0.2, 0.25) is 0 Å². The van der Waals surface area contributed by atoms with E-state index < -0.39 is 30.1 Å². The van der Waals surface area contributed by atoms with Crippen LogP contribution in [0.25, 0.3) is 0 Å². The summed E-state index contributed by atoms with van der Waals surface area (Å²) in [6.07, 6.45) is 3.64. The Hall–Kier alpha value is -2.61. The Kier molecular flexibility index (Phi) is 7.46. The molecule has 154 valence electrons. The topological polar surface area (TPSA) is 58.6 Å². The van der Waals surface area contributed by atoms with Gasteiger partial charge in [0.25, 0.3) is 5.91 Å². The van der Waals surface area contributed by atoms with Crippen LogP contribution in [0.2, 0.25) is 0 Å². The highest BCUT2D eigenvalue weighted by molar-refractivity contribution is 8.00. The molecule has 3 rings (SSSR count). The zero-order valence-corrected chi connectivity index (χ0v) is 16.6. The molecule has 1 fully saturated rings. The molecule has 0 atom stereocenters. The maximum atomic E-state index is 13.5. The van der Waals surface area contributed by atoms with Crippen molar-refractivity contribution in [2.45, 2.75) is 24.2 Å². The number of piperidine rings is 1. The summed E-state index contributed by atoms with van der Waals surface area (Å²) in [5.41, 5.74) is 1.73. The Morgan fingerprint density at radius 3 is 2.48 bits per heavy atom. The average molecular weight is 420 g/mol. The number of carbonyl (C=O) groups is 2. The number of nitrogens with zero attached hydrogens (tertiary/aromatic N) is 1. The molecule has 1 heterocycles. The lowest BCUT2D eigenvalue weighted by Gasteiger charge is -2.28. The first-order valence-electron chi connectivity index (χ1n) is 9.39. The Morgan fingerprint density at radius 2 is 1.76 bits per heavy atom. The number of hydrogen-bond acceptors (Lipinski definition) is 5. The van der Waals surface area contributed by atoms with Crippen molar-refractivity contribution in [3.63, 3.8) is 0 Å². The minimum atomic E-state index is -0.686. The zero-order valence-electron chi connectivity index (χ0n) is 15.8. The SMILES string of the molecule is O=C(COC(=O)CSc1cc(F)ccc1F)Nc1ccc(N2CCCCC2)cc1. The highest BCUT2D eigenvalue weighted by atomic mass is 32.2. The lowest BCUT2D eigenvalue weighted by atomic mass is 10.1. The molecule has 0 spiro atoms. The molecule has 0 radical (unpaired) electrons. The fourth-order valence-corrected chi connectivity index (χ4v) is 3.78. The number of ether oxygens (including phenoxy) is 1. The molecule has 1 N–H and O–H groups in total. The zero-order chi connectivity index (χ0) is 20.6. The van der Waals surface area contributed by atoms with Crippen molar-refractivity contribution in [3.05, 3.63) is 54.1 Å². The largest absolute Gasteiger partial charge is 0.455 e. The molecule has 0 aromatic heterocycles. The van der Waals surface area contributed by atoms with E-state index in [4.69, 9.17) is 4.74 Å². The van der Waals surface area contributed by atoms with Crippen molar-refractivity contribution in [2.24, 2.45) is 0 Å². The van der Waals surface area contributed by atoms with Gasteiger partial charge in [-0.05, 0) is 61.7 Å². The molecule has 0 aliphatic carbocycles. The summed E-state index contributed by atoms with van der Waals surface area (Å²) in [5.74, 6) is -2.58. The first kappa shape index (κ1) is 21.1. The highest BCUT2D eigenvalue weighted by Crippen LogP contribution is 2.23. The van der Waals surface area contributed by atoms with Crippen LogP contribution in [0.4, 0.5) is 20.2 Å². The van der Waals surface area contributed by atoms with Crippen LogP contribution in [0.15, 0.2) is 47.4 Å². The van der Waals surface area contributed by atoms with E-state index >= 15 is 0 Å². The van der Waals surface area contributed by atoms with Gasteiger partial charge in [-0.1, -0.05) is 0 Å². The maximum absolute atomic E-state index is 13.5. The van der Waals surface area contributed by atoms with E-state index in [1.165, 1.54) is 19.3 Å². The second kappa shape index (κ2) is 10.2. The van der Waals surface area contributed by atoms with Crippen LogP contribution in [0.1, 0.15) is 19.3 Å². The molecule has 5 nitrogen and oxygen atoms in total. The molecule has 1 aliphatic heterocycles. The van der Waals surface area contributed by atoms with Crippen LogP contribution in [0.3, 0.4) is 0 Å². The molecule has 8 heteroatoms. The Balaban J connectivity index is 1.41. The number of thioether (sulfide) groups is 1. The summed E-state index contributed by atoms with van der Waals surface area (Å²) in [4.78, 5) is 26.0. The van der Waals surface area contributed by atoms with Gasteiger partial charge in [-0.2, -0.15) is 0 Å². The van der Waals surface area contributed by atoms with E-state index in [-0.39, 0.29) is 10.6 Å². The molecule has 0 saturated carbocycles. The van der Waals surface area contributed by atoms with Crippen LogP contribution in [0, 0.1) is 11.6 Å². The van der Waals surface area contributed by atoms with E-state index in [1.807, 2.05) is 24.3 Å². The van der Waals surface area contributed by atoms with Crippen LogP contribution >= 0.6 is 11.8 Å². The number of amides is 1. The lowest BCUT2D eigenvalue weighted by molar-refractivity contribution is -0.144. The molecule has 1 saturated heterocycles. The quantitative estimate of drug-likeness (QED) is 0.537. The molecular formula is C21H22F2N2O3S. The van der Waals surface area contributed by atoms with Gasteiger partial charge in [0.1, 0.15) is 11.6 Å². The fraction of sp³-hybridized carbons (Fsp3) is 0.333. The smallest absolute Gasteiger partial charge is 0.316 e. The second-order valence-electron chi connectivity index (χ2n) is 6.67. The van der Waals surface area contributed by atoms with Crippen molar-refractivity contribution in [2.75, 3.05) is 35.7 Å². The third-order valence-electron chi connectivity index (χ3n) is 4.48. The predicted octanol–water partition coefficient (Wildman–Crippen LogP) is 4.23. The molecule has 2 aromatic rings. The molecule has 1 aliphatic rings. The van der Waals surface area contributed by atoms with Crippen molar-refractivity contribution in [1.82, 2.24) is 0 Å². The molecule has 2 aromatic carbocycles. The van der Waals surface area contributed by atoms with E-state index in [0.717, 1.165) is 48.7 Å². The van der Waals surface area contributed by atoms with Gasteiger partial charge in [0, 0.05) is 29.4 Å². The first-order chi connectivity index (χ1) is 14.0. The number of rotatable bonds is 7. The van der Waals surface area contributed by atoms with Crippen molar-refractivity contribution in [1.29, 1.82) is 0 Å². The van der Waals surface area contributed by atoms with Gasteiger partial charge < -0.3 is 15.0 Å². The van der Waals surface area contributed by atoms with Crippen LogP contribution < -0.4 is 10.2 Å². The number of hydrogen-bond donors (Lipinski definition) is 1. The Bertz CT molecular complexity index is 856. The standard InChI is InChI=1S/C21H22F2N2O3S/c22-15-4-9-18(23)19(12-15)29-14-21(27)28-13-20(26)24-16-5-7-17(8-6-16)25-10-2-1-3-11-25/h4-9,12H,1-3,10-11,13-14H2,(H,24,26). The van der Waals surface area contributed by atoms with Crippen LogP contribution in [-0.2, 0) is 14.3 Å². The maximum Gasteiger partial charge on any atom is 0.316 e. The number of benzene rings is 2. The third-order valence-corrected chi connectivity index (χ3v) is 5.48. The van der Waals surface area contributed by atoms with Crippen LogP contribution in [0.5, 0.6) is 0 Å². The van der Waals surface area contributed by atoms with Crippen molar-refractivity contribution in [3.8, 4) is 0 Å². The minimum absolute atomic E-state index is 0.0141. The summed E-state index contributed by atoms with van der Waals surface area (Å²) in [5, 5.41) is 2.67. The lowest BCUT2D eigenvalue weighted by Crippen LogP contribution is -2.29. The molecular weight excluding hydrogens is 398 g/mol. The monoisotopic (exact) mass is 420 g/mol. The number of anilines is 2. The summed E-state index contributed by atoms with van der Waals surface area (Å²) in [6.45, 7) is 1.64. The summed E-state index contributed by atoms with van der Waals surface area (Å²) in [6, 6.07) is 10.5. The number of esters is 1. The number of carbonyl (C=O) groups excluding carboxylic acids is 2. The van der Waals surface area contributed by atoms with Gasteiger partial charge in [-0.3, -0.25) is 9.59 Å². The van der Waals surface area contributed by atoms with E-state index in [9.17, 15) is 18.4 Å². The van der Waals surface area contributed by atoms with Crippen molar-refractivity contribution >= 4 is 35.0 Å². The second-order valence-corrected chi connectivity index (χ2v) is 7.68. The molecule has 1 amide bonds. The van der Waals surface area contributed by atoms with E-state index in [1.54, 1.807) is 0 Å². The van der Waals surface area contributed by atoms with Gasteiger partial charge in [-0.25, -0.2) is 8.78 Å². The van der Waals surface area contributed by atoms with Gasteiger partial charge in [0.05, 0.1) is 5.75 Å². The summed E-state index contributed by atoms with van der Waals surface area (Å²) < 4.78 is 31.5. The average Bonchev–Trinajstić information content (AvgIpc) is 2.74. The van der Waals surface area contributed by atoms with E-state index in [2.05, 4.69) is 10.2 Å². The minimum Gasteiger partial charge on any atom is -0.455 e. The van der Waals surface area contributed by atoms with Crippen molar-refractivity contribution < 1.29 is 23.1 Å². The van der Waals surface area contributed by atoms with Gasteiger partial charge in [-0.15, -0.1) is 11.8 Å².